The van der Waals surface area contributed by atoms with Crippen LogP contribution in [0.25, 0.3) is 0 Å². The molecule has 0 radical (unpaired) electrons. The standard InChI is InChI=1S/C6H12O2S/c1-3-5-9(7,8)6-4-2/h3H,1,4-6H2,2H3. The molecule has 9 heavy (non-hydrogen) atoms. The molecule has 0 amide bonds. The van der Waals surface area contributed by atoms with Crippen LogP contribution in [-0.4, -0.2) is 19.9 Å². The van der Waals surface area contributed by atoms with E-state index in [4.69, 9.17) is 0 Å². The molecule has 0 aliphatic heterocycles. The van der Waals surface area contributed by atoms with E-state index in [1.807, 2.05) is 6.92 Å². The van der Waals surface area contributed by atoms with Gasteiger partial charge < -0.3 is 0 Å². The average Bonchev–Trinajstić information content (AvgIpc) is 1.64. The Morgan fingerprint density at radius 3 is 2.44 bits per heavy atom. The van der Waals surface area contributed by atoms with Crippen LogP contribution in [0.2, 0.25) is 0 Å². The van der Waals surface area contributed by atoms with Crippen molar-refractivity contribution in [1.29, 1.82) is 0 Å². The van der Waals surface area contributed by atoms with E-state index in [9.17, 15) is 8.42 Å². The summed E-state index contributed by atoms with van der Waals surface area (Å²) >= 11 is 0. The summed E-state index contributed by atoms with van der Waals surface area (Å²) in [4.78, 5) is 0. The van der Waals surface area contributed by atoms with Crippen molar-refractivity contribution in [2.75, 3.05) is 11.5 Å². The Morgan fingerprint density at radius 1 is 1.56 bits per heavy atom. The van der Waals surface area contributed by atoms with Crippen LogP contribution in [0, 0.1) is 0 Å². The van der Waals surface area contributed by atoms with Gasteiger partial charge in [0.2, 0.25) is 0 Å². The summed E-state index contributed by atoms with van der Waals surface area (Å²) in [6.07, 6.45) is 2.11. The summed E-state index contributed by atoms with van der Waals surface area (Å²) in [5.41, 5.74) is 0. The fraction of sp³-hybridized carbons (Fsp3) is 0.667. The van der Waals surface area contributed by atoms with Crippen LogP contribution >= 0.6 is 0 Å². The molecule has 0 aromatic rings. The number of hydrogen-bond donors (Lipinski definition) is 0. The highest BCUT2D eigenvalue weighted by molar-refractivity contribution is 7.91. The molecule has 0 fully saturated rings. The van der Waals surface area contributed by atoms with Crippen LogP contribution in [-0.2, 0) is 9.84 Å². The van der Waals surface area contributed by atoms with Crippen LogP contribution in [0.4, 0.5) is 0 Å². The second-order valence-corrected chi connectivity index (χ2v) is 4.13. The molecule has 0 aromatic carbocycles. The molecule has 0 aliphatic carbocycles. The number of rotatable bonds is 4. The molecule has 54 valence electrons. The van der Waals surface area contributed by atoms with Gasteiger partial charge in [-0.2, -0.15) is 0 Å². The van der Waals surface area contributed by atoms with E-state index >= 15 is 0 Å². The highest BCUT2D eigenvalue weighted by atomic mass is 32.2. The first kappa shape index (κ1) is 8.69. The van der Waals surface area contributed by atoms with Crippen LogP contribution in [0.15, 0.2) is 12.7 Å². The molecular formula is C6H12O2S. The molecule has 0 bridgehead atoms. The lowest BCUT2D eigenvalue weighted by molar-refractivity contribution is 0.597. The minimum absolute atomic E-state index is 0.112. The van der Waals surface area contributed by atoms with Gasteiger partial charge in [0, 0.05) is 0 Å². The van der Waals surface area contributed by atoms with Crippen molar-refractivity contribution in [2.45, 2.75) is 13.3 Å². The maximum atomic E-state index is 10.8. The van der Waals surface area contributed by atoms with Crippen LogP contribution in [0.3, 0.4) is 0 Å². The van der Waals surface area contributed by atoms with Crippen LogP contribution in [0.5, 0.6) is 0 Å². The monoisotopic (exact) mass is 148 g/mol. The minimum Gasteiger partial charge on any atom is -0.229 e. The smallest absolute Gasteiger partial charge is 0.153 e. The van der Waals surface area contributed by atoms with Crippen molar-refractivity contribution in [1.82, 2.24) is 0 Å². The van der Waals surface area contributed by atoms with Crippen molar-refractivity contribution >= 4 is 9.84 Å². The van der Waals surface area contributed by atoms with Crippen molar-refractivity contribution < 1.29 is 8.42 Å². The van der Waals surface area contributed by atoms with Gasteiger partial charge in [-0.15, -0.1) is 6.58 Å². The molecule has 0 spiro atoms. The Kier molecular flexibility index (Phi) is 3.54. The zero-order valence-corrected chi connectivity index (χ0v) is 6.45. The van der Waals surface area contributed by atoms with E-state index < -0.39 is 9.84 Å². The molecule has 0 aromatic heterocycles. The summed E-state index contributed by atoms with van der Waals surface area (Å²) in [5.74, 6) is 0.389. The van der Waals surface area contributed by atoms with E-state index in [-0.39, 0.29) is 11.5 Å². The second-order valence-electron chi connectivity index (χ2n) is 1.90. The lowest BCUT2D eigenvalue weighted by atomic mass is 10.6. The van der Waals surface area contributed by atoms with E-state index in [0.717, 1.165) is 0 Å². The molecule has 0 atom stereocenters. The zero-order chi connectivity index (χ0) is 7.33. The molecule has 0 rings (SSSR count). The first-order valence-corrected chi connectivity index (χ1v) is 4.76. The van der Waals surface area contributed by atoms with Gasteiger partial charge in [-0.25, -0.2) is 8.42 Å². The van der Waals surface area contributed by atoms with Gasteiger partial charge in [-0.1, -0.05) is 13.0 Å². The second kappa shape index (κ2) is 3.67. The maximum Gasteiger partial charge on any atom is 0.153 e. The predicted molar refractivity (Wildman–Crippen MR) is 39.1 cm³/mol. The summed E-state index contributed by atoms with van der Waals surface area (Å²) in [6.45, 7) is 5.20. The first-order valence-electron chi connectivity index (χ1n) is 2.93. The van der Waals surface area contributed by atoms with Crippen LogP contribution < -0.4 is 0 Å². The van der Waals surface area contributed by atoms with Crippen molar-refractivity contribution in [3.05, 3.63) is 12.7 Å². The molecule has 3 heteroatoms. The predicted octanol–water partition coefficient (Wildman–Crippen LogP) is 0.997. The Hall–Kier alpha value is -0.310. The van der Waals surface area contributed by atoms with Crippen LogP contribution in [0.1, 0.15) is 13.3 Å². The zero-order valence-electron chi connectivity index (χ0n) is 5.63. The summed E-state index contributed by atoms with van der Waals surface area (Å²) in [5, 5.41) is 0. The molecular weight excluding hydrogens is 136 g/mol. The van der Waals surface area contributed by atoms with E-state index in [0.29, 0.717) is 6.42 Å². The topological polar surface area (TPSA) is 34.1 Å². The molecule has 0 aliphatic rings. The third-order valence-corrected chi connectivity index (χ3v) is 2.66. The lowest BCUT2D eigenvalue weighted by Gasteiger charge is -1.94. The highest BCUT2D eigenvalue weighted by Gasteiger charge is 2.04. The fourth-order valence-electron chi connectivity index (χ4n) is 0.574. The van der Waals surface area contributed by atoms with Gasteiger partial charge in [-0.05, 0) is 6.42 Å². The molecule has 2 nitrogen and oxygen atoms in total. The minimum atomic E-state index is -2.80. The van der Waals surface area contributed by atoms with Gasteiger partial charge in [0.1, 0.15) is 0 Å². The maximum absolute atomic E-state index is 10.8. The average molecular weight is 148 g/mol. The van der Waals surface area contributed by atoms with E-state index in [1.165, 1.54) is 6.08 Å². The molecule has 0 saturated heterocycles. The highest BCUT2D eigenvalue weighted by Crippen LogP contribution is 1.92. The van der Waals surface area contributed by atoms with Gasteiger partial charge >= 0.3 is 0 Å². The number of sulfone groups is 1. The third-order valence-electron chi connectivity index (χ3n) is 0.887. The van der Waals surface area contributed by atoms with Crippen molar-refractivity contribution in [3.63, 3.8) is 0 Å². The Balaban J connectivity index is 3.88. The molecule has 0 N–H and O–H groups in total. The van der Waals surface area contributed by atoms with E-state index in [2.05, 4.69) is 6.58 Å². The quantitative estimate of drug-likeness (QED) is 0.557. The molecule has 0 unspecified atom stereocenters. The normalized spacial score (nSPS) is 11.2. The Labute approximate surface area is 56.5 Å². The number of hydrogen-bond acceptors (Lipinski definition) is 2. The van der Waals surface area contributed by atoms with Gasteiger partial charge in [0.05, 0.1) is 11.5 Å². The summed E-state index contributed by atoms with van der Waals surface area (Å²) in [7, 11) is -2.80. The lowest BCUT2D eigenvalue weighted by Crippen LogP contribution is -2.07. The van der Waals surface area contributed by atoms with E-state index in [1.54, 1.807) is 0 Å². The third kappa shape index (κ3) is 4.21. The fourth-order valence-corrected chi connectivity index (χ4v) is 1.72. The van der Waals surface area contributed by atoms with Crippen molar-refractivity contribution in [2.24, 2.45) is 0 Å². The summed E-state index contributed by atoms with van der Waals surface area (Å²) in [6, 6.07) is 0. The summed E-state index contributed by atoms with van der Waals surface area (Å²) < 4.78 is 21.5. The Morgan fingerprint density at radius 2 is 2.11 bits per heavy atom. The van der Waals surface area contributed by atoms with Gasteiger partial charge in [-0.3, -0.25) is 0 Å². The largest absolute Gasteiger partial charge is 0.229 e. The van der Waals surface area contributed by atoms with Gasteiger partial charge in [0.15, 0.2) is 9.84 Å². The SMILES string of the molecule is C=CCS(=O)(=O)CCC. The molecule has 0 heterocycles. The molecule has 0 saturated carbocycles. The first-order chi connectivity index (χ1) is 4.12. The Bertz CT molecular complexity index is 167. The van der Waals surface area contributed by atoms with Gasteiger partial charge in [0.25, 0.3) is 0 Å². The van der Waals surface area contributed by atoms with Crippen molar-refractivity contribution in [3.8, 4) is 0 Å².